The molecule has 0 fully saturated rings. The van der Waals surface area contributed by atoms with Gasteiger partial charge in [0.25, 0.3) is 0 Å². The van der Waals surface area contributed by atoms with Crippen LogP contribution in [0, 0.1) is 0 Å². The summed E-state index contributed by atoms with van der Waals surface area (Å²) < 4.78 is 0. The first-order chi connectivity index (χ1) is 12.2. The number of para-hydroxylation sites is 1. The van der Waals surface area contributed by atoms with Crippen molar-refractivity contribution < 1.29 is 9.59 Å². The van der Waals surface area contributed by atoms with Crippen LogP contribution < -0.4 is 10.2 Å². The van der Waals surface area contributed by atoms with Gasteiger partial charge in [-0.15, -0.1) is 11.8 Å². The second-order valence-corrected chi connectivity index (χ2v) is 6.97. The van der Waals surface area contributed by atoms with Crippen molar-refractivity contribution in [3.8, 4) is 0 Å². The normalized spacial score (nSPS) is 14.0. The zero-order chi connectivity index (χ0) is 17.6. The molecule has 0 aliphatic carbocycles. The van der Waals surface area contributed by atoms with Crippen LogP contribution in [-0.4, -0.2) is 24.6 Å². The van der Waals surface area contributed by atoms with Crippen LogP contribution in [0.1, 0.15) is 24.0 Å². The minimum absolute atomic E-state index is 0.0180. The SMILES string of the molecule is CSc1ccc(CNC(=O)CN2C(=O)CCCc3ccccc32)cc1. The van der Waals surface area contributed by atoms with E-state index in [4.69, 9.17) is 0 Å². The lowest BCUT2D eigenvalue weighted by atomic mass is 10.1. The highest BCUT2D eigenvalue weighted by Crippen LogP contribution is 2.26. The molecule has 2 amide bonds. The maximum Gasteiger partial charge on any atom is 0.240 e. The third-order valence-electron chi connectivity index (χ3n) is 4.37. The zero-order valence-electron chi connectivity index (χ0n) is 14.3. The first kappa shape index (κ1) is 17.5. The molecule has 3 rings (SSSR count). The number of hydrogen-bond acceptors (Lipinski definition) is 3. The molecule has 2 aromatic carbocycles. The Morgan fingerprint density at radius 3 is 2.64 bits per heavy atom. The quantitative estimate of drug-likeness (QED) is 0.838. The average molecular weight is 354 g/mol. The second kappa shape index (κ2) is 8.21. The number of amides is 2. The molecule has 1 aliphatic rings. The van der Waals surface area contributed by atoms with Gasteiger partial charge in [0.2, 0.25) is 11.8 Å². The Bertz CT molecular complexity index is 759. The van der Waals surface area contributed by atoms with Crippen LogP contribution >= 0.6 is 11.8 Å². The fourth-order valence-electron chi connectivity index (χ4n) is 3.00. The molecule has 0 radical (unpaired) electrons. The van der Waals surface area contributed by atoms with E-state index in [1.165, 1.54) is 4.90 Å². The van der Waals surface area contributed by atoms with Crippen LogP contribution in [0.4, 0.5) is 5.69 Å². The van der Waals surface area contributed by atoms with Crippen LogP contribution in [-0.2, 0) is 22.6 Å². The molecule has 0 saturated carbocycles. The van der Waals surface area contributed by atoms with E-state index < -0.39 is 0 Å². The summed E-state index contributed by atoms with van der Waals surface area (Å²) >= 11 is 1.69. The summed E-state index contributed by atoms with van der Waals surface area (Å²) in [7, 11) is 0. The monoisotopic (exact) mass is 354 g/mol. The van der Waals surface area contributed by atoms with E-state index in [9.17, 15) is 9.59 Å². The van der Waals surface area contributed by atoms with Gasteiger partial charge in [-0.2, -0.15) is 0 Å². The van der Waals surface area contributed by atoms with Crippen molar-refractivity contribution in [2.24, 2.45) is 0 Å². The number of carbonyl (C=O) groups is 2. The summed E-state index contributed by atoms with van der Waals surface area (Å²) in [6.45, 7) is 0.538. The number of thioether (sulfide) groups is 1. The molecular formula is C20H22N2O2S. The van der Waals surface area contributed by atoms with Crippen molar-refractivity contribution in [2.75, 3.05) is 17.7 Å². The Kier molecular flexibility index (Phi) is 5.76. The fourth-order valence-corrected chi connectivity index (χ4v) is 3.41. The van der Waals surface area contributed by atoms with E-state index in [1.807, 2.05) is 54.8 Å². The van der Waals surface area contributed by atoms with Crippen LogP contribution in [0.5, 0.6) is 0 Å². The molecule has 1 aliphatic heterocycles. The van der Waals surface area contributed by atoms with Gasteiger partial charge in [-0.1, -0.05) is 30.3 Å². The molecule has 2 aromatic rings. The number of benzene rings is 2. The Hall–Kier alpha value is -2.27. The van der Waals surface area contributed by atoms with Crippen molar-refractivity contribution >= 4 is 29.3 Å². The number of hydrogen-bond donors (Lipinski definition) is 1. The number of nitrogens with one attached hydrogen (secondary N) is 1. The van der Waals surface area contributed by atoms with Gasteiger partial charge in [0.15, 0.2) is 0 Å². The summed E-state index contributed by atoms with van der Waals surface area (Å²) in [5.74, 6) is -0.122. The predicted molar refractivity (Wildman–Crippen MR) is 102 cm³/mol. The second-order valence-electron chi connectivity index (χ2n) is 6.09. The molecule has 4 nitrogen and oxygen atoms in total. The Morgan fingerprint density at radius 1 is 1.12 bits per heavy atom. The smallest absolute Gasteiger partial charge is 0.240 e. The summed E-state index contributed by atoms with van der Waals surface area (Å²) in [5, 5.41) is 2.92. The van der Waals surface area contributed by atoms with E-state index >= 15 is 0 Å². The molecule has 5 heteroatoms. The largest absolute Gasteiger partial charge is 0.350 e. The van der Waals surface area contributed by atoms with Crippen LogP contribution in [0.3, 0.4) is 0 Å². The predicted octanol–water partition coefficient (Wildman–Crippen LogP) is 3.39. The minimum Gasteiger partial charge on any atom is -0.350 e. The Balaban J connectivity index is 1.64. The number of anilines is 1. The summed E-state index contributed by atoms with van der Waals surface area (Å²) in [6, 6.07) is 16.0. The molecule has 0 spiro atoms. The molecule has 1 heterocycles. The molecule has 130 valence electrons. The third-order valence-corrected chi connectivity index (χ3v) is 5.11. The number of carbonyl (C=O) groups excluding carboxylic acids is 2. The first-order valence-corrected chi connectivity index (χ1v) is 9.68. The van der Waals surface area contributed by atoms with E-state index in [0.29, 0.717) is 13.0 Å². The molecule has 0 unspecified atom stereocenters. The molecular weight excluding hydrogens is 332 g/mol. The Labute approximate surface area is 152 Å². The van der Waals surface area contributed by atoms with Gasteiger partial charge in [0.05, 0.1) is 0 Å². The van der Waals surface area contributed by atoms with Crippen molar-refractivity contribution in [1.29, 1.82) is 0 Å². The lowest BCUT2D eigenvalue weighted by Gasteiger charge is -2.22. The zero-order valence-corrected chi connectivity index (χ0v) is 15.1. The summed E-state index contributed by atoms with van der Waals surface area (Å²) in [5.41, 5.74) is 3.05. The van der Waals surface area contributed by atoms with E-state index in [-0.39, 0.29) is 18.4 Å². The number of aryl methyl sites for hydroxylation is 1. The van der Waals surface area contributed by atoms with Gasteiger partial charge in [0, 0.05) is 23.5 Å². The highest BCUT2D eigenvalue weighted by molar-refractivity contribution is 7.98. The van der Waals surface area contributed by atoms with Gasteiger partial charge in [-0.3, -0.25) is 9.59 Å². The van der Waals surface area contributed by atoms with Crippen molar-refractivity contribution in [1.82, 2.24) is 5.32 Å². The fraction of sp³-hybridized carbons (Fsp3) is 0.300. The van der Waals surface area contributed by atoms with Gasteiger partial charge in [-0.05, 0) is 48.4 Å². The summed E-state index contributed by atoms with van der Waals surface area (Å²) in [6.07, 6.45) is 4.22. The molecule has 25 heavy (non-hydrogen) atoms. The maximum absolute atomic E-state index is 12.4. The molecule has 0 bridgehead atoms. The van der Waals surface area contributed by atoms with Gasteiger partial charge in [0.1, 0.15) is 6.54 Å². The minimum atomic E-state index is -0.140. The molecule has 0 saturated heterocycles. The van der Waals surface area contributed by atoms with Crippen LogP contribution in [0.25, 0.3) is 0 Å². The van der Waals surface area contributed by atoms with E-state index in [1.54, 1.807) is 16.7 Å². The number of rotatable bonds is 5. The summed E-state index contributed by atoms with van der Waals surface area (Å²) in [4.78, 5) is 27.6. The van der Waals surface area contributed by atoms with Gasteiger partial charge >= 0.3 is 0 Å². The van der Waals surface area contributed by atoms with E-state index in [0.717, 1.165) is 29.7 Å². The average Bonchev–Trinajstić information content (AvgIpc) is 2.80. The number of fused-ring (bicyclic) bond motifs is 1. The first-order valence-electron chi connectivity index (χ1n) is 8.45. The lowest BCUT2D eigenvalue weighted by Crippen LogP contribution is -2.40. The van der Waals surface area contributed by atoms with E-state index in [2.05, 4.69) is 5.32 Å². The molecule has 0 atom stereocenters. The molecule has 0 aromatic heterocycles. The van der Waals surface area contributed by atoms with Crippen LogP contribution in [0.2, 0.25) is 0 Å². The number of nitrogens with zero attached hydrogens (tertiary/aromatic N) is 1. The van der Waals surface area contributed by atoms with Crippen molar-refractivity contribution in [3.05, 3.63) is 59.7 Å². The standard InChI is InChI=1S/C20H22N2O2S/c1-25-17-11-9-15(10-12-17)13-21-19(23)14-22-18-7-3-2-5-16(18)6-4-8-20(22)24/h2-3,5,7,9-12H,4,6,8,13-14H2,1H3,(H,21,23). The van der Waals surface area contributed by atoms with Crippen LogP contribution in [0.15, 0.2) is 53.4 Å². The van der Waals surface area contributed by atoms with Gasteiger partial charge in [-0.25, -0.2) is 0 Å². The highest BCUT2D eigenvalue weighted by atomic mass is 32.2. The molecule has 1 N–H and O–H groups in total. The van der Waals surface area contributed by atoms with Crippen molar-refractivity contribution in [3.63, 3.8) is 0 Å². The topological polar surface area (TPSA) is 49.4 Å². The van der Waals surface area contributed by atoms with Crippen molar-refractivity contribution in [2.45, 2.75) is 30.7 Å². The maximum atomic E-state index is 12.4. The third kappa shape index (κ3) is 4.42. The Morgan fingerprint density at radius 2 is 1.88 bits per heavy atom. The van der Waals surface area contributed by atoms with Gasteiger partial charge < -0.3 is 10.2 Å². The lowest BCUT2D eigenvalue weighted by molar-refractivity contribution is -0.123. The highest BCUT2D eigenvalue weighted by Gasteiger charge is 2.23.